The Bertz CT molecular complexity index is 202. The summed E-state index contributed by atoms with van der Waals surface area (Å²) in [6, 6.07) is 24.0. The molecule has 0 unspecified atom stereocenters. The van der Waals surface area contributed by atoms with Crippen LogP contribution in [0.5, 0.6) is 0 Å². The molecule has 0 spiro atoms. The Balaban J connectivity index is 0.000000210. The van der Waals surface area contributed by atoms with Gasteiger partial charge in [0.1, 0.15) is 0 Å². The predicted octanol–water partition coefficient (Wildman–Crippen LogP) is 4.75. The molecule has 3 heteroatoms. The van der Waals surface area contributed by atoms with Crippen molar-refractivity contribution in [3.63, 3.8) is 0 Å². The van der Waals surface area contributed by atoms with E-state index in [1.807, 2.05) is 72.8 Å². The number of hydrogen-bond acceptors (Lipinski definition) is 0. The molecule has 0 nitrogen and oxygen atoms in total. The van der Waals surface area contributed by atoms with Crippen LogP contribution in [0.1, 0.15) is 0 Å². The van der Waals surface area contributed by atoms with Crippen molar-refractivity contribution in [3.05, 3.63) is 72.8 Å². The second kappa shape index (κ2) is 13.6. The van der Waals surface area contributed by atoms with Crippen LogP contribution in [0, 0.1) is 0 Å². The first-order valence-electron chi connectivity index (χ1n) is 4.27. The Morgan fingerprint density at radius 2 is 0.467 bits per heavy atom. The maximum Gasteiger partial charge on any atom is -0.0623 e. The van der Waals surface area contributed by atoms with Crippen molar-refractivity contribution >= 4 is 19.4 Å². The summed E-state index contributed by atoms with van der Waals surface area (Å²) in [5.41, 5.74) is 0. The molecular formula is C12H12Cl2Ru. The maximum atomic E-state index is 4.85. The Morgan fingerprint density at radius 1 is 0.400 bits per heavy atom. The molecule has 0 fully saturated rings. The van der Waals surface area contributed by atoms with Gasteiger partial charge in [-0.25, -0.2) is 0 Å². The fourth-order valence-corrected chi connectivity index (χ4v) is 0.770. The SMILES string of the molecule is [Cl][Ru][Cl].c1ccccc1.c1ccccc1. The Kier molecular flexibility index (Phi) is 13.3. The molecule has 2 aromatic rings. The number of rotatable bonds is 0. The van der Waals surface area contributed by atoms with E-state index >= 15 is 0 Å². The van der Waals surface area contributed by atoms with E-state index in [1.54, 1.807) is 0 Å². The van der Waals surface area contributed by atoms with E-state index in [0.29, 0.717) is 0 Å². The molecule has 15 heavy (non-hydrogen) atoms. The van der Waals surface area contributed by atoms with Gasteiger partial charge in [-0.3, -0.25) is 0 Å². The molecule has 0 saturated carbocycles. The molecule has 0 heterocycles. The molecule has 0 radical (unpaired) electrons. The van der Waals surface area contributed by atoms with Crippen molar-refractivity contribution in [1.82, 2.24) is 0 Å². The van der Waals surface area contributed by atoms with E-state index in [1.165, 1.54) is 0 Å². The van der Waals surface area contributed by atoms with Crippen molar-refractivity contribution in [2.75, 3.05) is 0 Å². The summed E-state index contributed by atoms with van der Waals surface area (Å²) in [6.07, 6.45) is 0. The topological polar surface area (TPSA) is 0 Å². The molecule has 0 bridgehead atoms. The summed E-state index contributed by atoms with van der Waals surface area (Å²) in [7, 11) is 9.71. The van der Waals surface area contributed by atoms with Gasteiger partial charge in [-0.1, -0.05) is 72.8 Å². The van der Waals surface area contributed by atoms with Crippen molar-refractivity contribution in [2.24, 2.45) is 0 Å². The molecule has 0 amide bonds. The van der Waals surface area contributed by atoms with Crippen LogP contribution in [0.2, 0.25) is 0 Å². The van der Waals surface area contributed by atoms with E-state index in [4.69, 9.17) is 19.4 Å². The van der Waals surface area contributed by atoms with Gasteiger partial charge in [-0.2, -0.15) is 0 Å². The van der Waals surface area contributed by atoms with E-state index in [-0.39, 0.29) is 15.1 Å². The number of hydrogen-bond donors (Lipinski definition) is 0. The zero-order chi connectivity index (χ0) is 11.2. The first-order chi connectivity index (χ1) is 7.41. The standard InChI is InChI=1S/2C6H6.2ClH.Ru/c2*1-2-4-6-5-3-1;;;/h2*1-6H;2*1H;/q;;;;+2/p-2. The molecule has 0 aliphatic carbocycles. The van der Waals surface area contributed by atoms with Crippen molar-refractivity contribution < 1.29 is 15.1 Å². The van der Waals surface area contributed by atoms with Gasteiger partial charge in [0.2, 0.25) is 0 Å². The fourth-order valence-electron chi connectivity index (χ4n) is 0.770. The van der Waals surface area contributed by atoms with Gasteiger partial charge in [0.15, 0.2) is 0 Å². The first kappa shape index (κ1) is 14.6. The molecule has 0 atom stereocenters. The maximum absolute atomic E-state index is 4.85. The third kappa shape index (κ3) is 13.6. The molecule has 0 aliphatic rings. The molecule has 2 aromatic carbocycles. The second-order valence-corrected chi connectivity index (χ2v) is 5.00. The van der Waals surface area contributed by atoms with Gasteiger partial charge in [0, 0.05) is 0 Å². The molecule has 0 aliphatic heterocycles. The molecule has 0 saturated heterocycles. The quantitative estimate of drug-likeness (QED) is 0.612. The number of benzene rings is 2. The van der Waals surface area contributed by atoms with Gasteiger partial charge in [-0.15, -0.1) is 0 Å². The van der Waals surface area contributed by atoms with Crippen molar-refractivity contribution in [2.45, 2.75) is 0 Å². The van der Waals surface area contributed by atoms with Crippen LogP contribution >= 0.6 is 19.4 Å². The minimum atomic E-state index is -0.346. The van der Waals surface area contributed by atoms with Crippen LogP contribution < -0.4 is 0 Å². The molecular weight excluding hydrogens is 316 g/mol. The van der Waals surface area contributed by atoms with Gasteiger partial charge in [0.05, 0.1) is 0 Å². The van der Waals surface area contributed by atoms with Crippen LogP contribution in [0.25, 0.3) is 0 Å². The van der Waals surface area contributed by atoms with E-state index in [9.17, 15) is 0 Å². The average molecular weight is 328 g/mol. The van der Waals surface area contributed by atoms with E-state index < -0.39 is 0 Å². The van der Waals surface area contributed by atoms with E-state index in [2.05, 4.69) is 0 Å². The summed E-state index contributed by atoms with van der Waals surface area (Å²) in [6.45, 7) is 0. The zero-order valence-corrected chi connectivity index (χ0v) is 11.3. The summed E-state index contributed by atoms with van der Waals surface area (Å²) >= 11 is -0.346. The predicted molar refractivity (Wildman–Crippen MR) is 64.6 cm³/mol. The normalized spacial score (nSPS) is 7.87. The molecule has 0 aromatic heterocycles. The number of halogens is 2. The van der Waals surface area contributed by atoms with Crippen LogP contribution in [0.15, 0.2) is 72.8 Å². The summed E-state index contributed by atoms with van der Waals surface area (Å²) in [5, 5.41) is 0. The third-order valence-corrected chi connectivity index (χ3v) is 1.33. The molecule has 0 N–H and O–H groups in total. The Labute approximate surface area is 107 Å². The van der Waals surface area contributed by atoms with Crippen LogP contribution in [-0.2, 0) is 15.1 Å². The van der Waals surface area contributed by atoms with E-state index in [0.717, 1.165) is 0 Å². The summed E-state index contributed by atoms with van der Waals surface area (Å²) in [4.78, 5) is 0. The van der Waals surface area contributed by atoms with Gasteiger partial charge >= 0.3 is 34.5 Å². The van der Waals surface area contributed by atoms with Crippen molar-refractivity contribution in [1.29, 1.82) is 0 Å². The largest absolute Gasteiger partial charge is 0.0623 e. The molecule has 82 valence electrons. The fraction of sp³-hybridized carbons (Fsp3) is 0. The monoisotopic (exact) mass is 328 g/mol. The molecule has 2 rings (SSSR count). The minimum absolute atomic E-state index is 0.346. The first-order valence-corrected chi connectivity index (χ1v) is 8.74. The van der Waals surface area contributed by atoms with Gasteiger partial charge in [-0.05, 0) is 0 Å². The Morgan fingerprint density at radius 3 is 0.533 bits per heavy atom. The van der Waals surface area contributed by atoms with Gasteiger partial charge in [0.25, 0.3) is 0 Å². The van der Waals surface area contributed by atoms with Crippen LogP contribution in [-0.4, -0.2) is 0 Å². The van der Waals surface area contributed by atoms with Crippen LogP contribution in [0.3, 0.4) is 0 Å². The third-order valence-electron chi connectivity index (χ3n) is 1.33. The Hall–Kier alpha value is -0.357. The summed E-state index contributed by atoms with van der Waals surface area (Å²) in [5.74, 6) is 0. The zero-order valence-electron chi connectivity index (χ0n) is 8.04. The smallest absolute Gasteiger partial charge is 0.0623 e. The van der Waals surface area contributed by atoms with Crippen LogP contribution in [0.4, 0.5) is 0 Å². The minimum Gasteiger partial charge on any atom is -0.0623 e. The summed E-state index contributed by atoms with van der Waals surface area (Å²) < 4.78 is 0. The van der Waals surface area contributed by atoms with Crippen molar-refractivity contribution in [3.8, 4) is 0 Å². The average Bonchev–Trinajstić information content (AvgIpc) is 2.35. The second-order valence-electron chi connectivity index (χ2n) is 2.36. The van der Waals surface area contributed by atoms with Gasteiger partial charge < -0.3 is 0 Å².